The topological polar surface area (TPSA) is 12.0 Å². The van der Waals surface area contributed by atoms with Gasteiger partial charge >= 0.3 is 0 Å². The molecule has 0 bridgehead atoms. The van der Waals surface area contributed by atoms with Gasteiger partial charge in [0, 0.05) is 4.58 Å². The molecule has 1 nitrogen and oxygen atoms in total. The van der Waals surface area contributed by atoms with Crippen molar-refractivity contribution in [1.82, 2.24) is 5.32 Å². The molecule has 0 aromatic rings. The maximum atomic E-state index is 4.27. The monoisotopic (exact) mass is 305 g/mol. The summed E-state index contributed by atoms with van der Waals surface area (Å²) >= 11 is 8.54. The predicted molar refractivity (Wildman–Crippen MR) is 95.7 cm³/mol. The van der Waals surface area contributed by atoms with Crippen LogP contribution in [0, 0.1) is 0 Å². The van der Waals surface area contributed by atoms with Crippen molar-refractivity contribution >= 4 is 25.3 Å². The van der Waals surface area contributed by atoms with Crippen LogP contribution in [0.1, 0.15) is 84.0 Å². The number of hydrogen-bond donors (Lipinski definition) is 3. The van der Waals surface area contributed by atoms with E-state index in [4.69, 9.17) is 0 Å². The van der Waals surface area contributed by atoms with Crippen LogP contribution in [0.25, 0.3) is 0 Å². The lowest BCUT2D eigenvalue weighted by Crippen LogP contribution is -2.16. The lowest BCUT2D eigenvalue weighted by Gasteiger charge is -2.05. The average molecular weight is 306 g/mol. The molecule has 0 aromatic carbocycles. The molecular weight excluding hydrogens is 270 g/mol. The molecule has 0 unspecified atom stereocenters. The molecular formula is C16H35NS2. The van der Waals surface area contributed by atoms with Gasteiger partial charge in [-0.15, -0.1) is 0 Å². The summed E-state index contributed by atoms with van der Waals surface area (Å²) in [6.45, 7) is 4.70. The Balaban J connectivity index is 2.91. The molecule has 0 heterocycles. The van der Waals surface area contributed by atoms with Crippen molar-refractivity contribution in [2.24, 2.45) is 0 Å². The average Bonchev–Trinajstić information content (AvgIpc) is 2.39. The molecule has 0 fully saturated rings. The summed E-state index contributed by atoms with van der Waals surface area (Å²) in [5.41, 5.74) is 0. The molecule has 0 radical (unpaired) electrons. The molecule has 0 atom stereocenters. The van der Waals surface area contributed by atoms with Crippen molar-refractivity contribution in [3.05, 3.63) is 0 Å². The van der Waals surface area contributed by atoms with Gasteiger partial charge in [-0.25, -0.2) is 0 Å². The minimum absolute atomic E-state index is 0.277. The van der Waals surface area contributed by atoms with Crippen LogP contribution < -0.4 is 5.32 Å². The largest absolute Gasteiger partial charge is 0.317 e. The Morgan fingerprint density at radius 3 is 1.68 bits per heavy atom. The Bertz CT molecular complexity index is 163. The highest BCUT2D eigenvalue weighted by Gasteiger charge is 1.96. The summed E-state index contributed by atoms with van der Waals surface area (Å²) in [5, 5.41) is 3.56. The second-order valence-corrected chi connectivity index (χ2v) is 7.21. The van der Waals surface area contributed by atoms with Crippen molar-refractivity contribution < 1.29 is 0 Å². The van der Waals surface area contributed by atoms with E-state index in [1.54, 1.807) is 0 Å². The summed E-state index contributed by atoms with van der Waals surface area (Å²) in [7, 11) is 0. The molecule has 0 saturated heterocycles. The van der Waals surface area contributed by atoms with E-state index in [1.165, 1.54) is 83.7 Å². The first-order valence-corrected chi connectivity index (χ1v) is 9.37. The summed E-state index contributed by atoms with van der Waals surface area (Å²) in [4.78, 5) is 0. The molecule has 0 aromatic heterocycles. The molecule has 0 aliphatic rings. The van der Waals surface area contributed by atoms with Crippen LogP contribution in [0.5, 0.6) is 0 Å². The zero-order valence-corrected chi connectivity index (χ0v) is 14.7. The lowest BCUT2D eigenvalue weighted by atomic mass is 10.1. The Morgan fingerprint density at radius 2 is 1.16 bits per heavy atom. The van der Waals surface area contributed by atoms with E-state index in [1.807, 2.05) is 0 Å². The number of thiol groups is 2. The van der Waals surface area contributed by atoms with E-state index in [9.17, 15) is 0 Å². The van der Waals surface area contributed by atoms with Gasteiger partial charge in [-0.05, 0) is 32.4 Å². The van der Waals surface area contributed by atoms with Crippen LogP contribution in [0.3, 0.4) is 0 Å². The highest BCUT2D eigenvalue weighted by Crippen LogP contribution is 2.12. The standard InChI is InChI=1S/C16H35NS2/c1-2-3-4-5-8-11-14-17-15-12-9-6-7-10-13-16(18)19/h16-19H,2-15H2,1H3. The molecule has 0 amide bonds. The third-order valence-electron chi connectivity index (χ3n) is 3.52. The first-order chi connectivity index (χ1) is 9.27. The van der Waals surface area contributed by atoms with Gasteiger partial charge in [0.15, 0.2) is 0 Å². The van der Waals surface area contributed by atoms with Crippen molar-refractivity contribution in [3.8, 4) is 0 Å². The third kappa shape index (κ3) is 18.7. The molecule has 0 spiro atoms. The summed E-state index contributed by atoms with van der Waals surface area (Å²) in [6.07, 6.45) is 16.2. The van der Waals surface area contributed by atoms with Crippen molar-refractivity contribution in [1.29, 1.82) is 0 Å². The van der Waals surface area contributed by atoms with E-state index >= 15 is 0 Å². The van der Waals surface area contributed by atoms with E-state index in [2.05, 4.69) is 37.5 Å². The van der Waals surface area contributed by atoms with Crippen LogP contribution >= 0.6 is 25.3 Å². The van der Waals surface area contributed by atoms with E-state index in [0.717, 1.165) is 6.42 Å². The summed E-state index contributed by atoms with van der Waals surface area (Å²) < 4.78 is 0.277. The predicted octanol–water partition coefficient (Wildman–Crippen LogP) is 5.46. The molecule has 19 heavy (non-hydrogen) atoms. The van der Waals surface area contributed by atoms with Gasteiger partial charge in [-0.2, -0.15) is 25.3 Å². The lowest BCUT2D eigenvalue weighted by molar-refractivity contribution is 0.543. The zero-order chi connectivity index (χ0) is 14.2. The first-order valence-electron chi connectivity index (χ1n) is 8.34. The molecule has 1 N–H and O–H groups in total. The summed E-state index contributed by atoms with van der Waals surface area (Å²) in [5.74, 6) is 0. The maximum absolute atomic E-state index is 4.27. The van der Waals surface area contributed by atoms with Gasteiger partial charge in [0.1, 0.15) is 0 Å². The van der Waals surface area contributed by atoms with Gasteiger partial charge in [0.05, 0.1) is 0 Å². The third-order valence-corrected chi connectivity index (χ3v) is 4.04. The number of nitrogens with one attached hydrogen (secondary N) is 1. The molecule has 0 saturated carbocycles. The highest BCUT2D eigenvalue weighted by molar-refractivity contribution is 7.99. The normalized spacial score (nSPS) is 11.4. The van der Waals surface area contributed by atoms with Gasteiger partial charge in [0.2, 0.25) is 0 Å². The van der Waals surface area contributed by atoms with Gasteiger partial charge < -0.3 is 5.32 Å². The van der Waals surface area contributed by atoms with E-state index in [-0.39, 0.29) is 4.58 Å². The van der Waals surface area contributed by atoms with Crippen molar-refractivity contribution in [2.45, 2.75) is 88.6 Å². The SMILES string of the molecule is CCCCCCCCNCCCCCCCC(S)S. The van der Waals surface area contributed by atoms with Crippen molar-refractivity contribution in [2.75, 3.05) is 13.1 Å². The highest BCUT2D eigenvalue weighted by atomic mass is 32.2. The van der Waals surface area contributed by atoms with Crippen LogP contribution in [0.4, 0.5) is 0 Å². The smallest absolute Gasteiger partial charge is 0.0442 e. The maximum Gasteiger partial charge on any atom is 0.0442 e. The second-order valence-electron chi connectivity index (χ2n) is 5.55. The Hall–Kier alpha value is 0.660. The number of hydrogen-bond acceptors (Lipinski definition) is 3. The molecule has 0 aliphatic heterocycles. The van der Waals surface area contributed by atoms with Crippen LogP contribution in [0.2, 0.25) is 0 Å². The van der Waals surface area contributed by atoms with Gasteiger partial charge in [0.25, 0.3) is 0 Å². The Labute approximate surface area is 132 Å². The fourth-order valence-corrected chi connectivity index (χ4v) is 2.63. The van der Waals surface area contributed by atoms with Crippen molar-refractivity contribution in [3.63, 3.8) is 0 Å². The first kappa shape index (κ1) is 19.7. The molecule has 0 aliphatic carbocycles. The molecule has 3 heteroatoms. The number of unbranched alkanes of at least 4 members (excludes halogenated alkanes) is 9. The fraction of sp³-hybridized carbons (Fsp3) is 1.00. The quantitative estimate of drug-likeness (QED) is 0.207. The van der Waals surface area contributed by atoms with Gasteiger partial charge in [-0.3, -0.25) is 0 Å². The molecule has 116 valence electrons. The van der Waals surface area contributed by atoms with E-state index in [0.29, 0.717) is 0 Å². The number of rotatable bonds is 15. The summed E-state index contributed by atoms with van der Waals surface area (Å²) in [6, 6.07) is 0. The van der Waals surface area contributed by atoms with E-state index < -0.39 is 0 Å². The minimum Gasteiger partial charge on any atom is -0.317 e. The second kappa shape index (κ2) is 16.7. The zero-order valence-electron chi connectivity index (χ0n) is 12.9. The van der Waals surface area contributed by atoms with Gasteiger partial charge in [-0.1, -0.05) is 64.7 Å². The van der Waals surface area contributed by atoms with Crippen LogP contribution in [-0.2, 0) is 0 Å². The Kier molecular flexibility index (Phi) is 17.3. The van der Waals surface area contributed by atoms with Crippen LogP contribution in [0.15, 0.2) is 0 Å². The molecule has 0 rings (SSSR count). The van der Waals surface area contributed by atoms with Crippen LogP contribution in [-0.4, -0.2) is 17.7 Å². The Morgan fingerprint density at radius 1 is 0.684 bits per heavy atom. The fourth-order valence-electron chi connectivity index (χ4n) is 2.26. The minimum atomic E-state index is 0.277.